The molecule has 2 heteroatoms. The van der Waals surface area contributed by atoms with Crippen molar-refractivity contribution in [3.8, 4) is 0 Å². The van der Waals surface area contributed by atoms with Gasteiger partial charge in [-0.3, -0.25) is 0 Å². The van der Waals surface area contributed by atoms with Gasteiger partial charge >= 0.3 is 0 Å². The summed E-state index contributed by atoms with van der Waals surface area (Å²) < 4.78 is 0. The molecule has 15 heavy (non-hydrogen) atoms. The van der Waals surface area contributed by atoms with Crippen molar-refractivity contribution in [3.05, 3.63) is 28.3 Å². The summed E-state index contributed by atoms with van der Waals surface area (Å²) in [4.78, 5) is 14.4. The smallest absolute Gasteiger partial charge is 0.211 e. The Bertz CT molecular complexity index is 480. The average molecular weight is 199 g/mol. The van der Waals surface area contributed by atoms with E-state index in [4.69, 9.17) is 0 Å². The van der Waals surface area contributed by atoms with Crippen molar-refractivity contribution in [3.63, 3.8) is 0 Å². The van der Waals surface area contributed by atoms with Gasteiger partial charge in [0.25, 0.3) is 0 Å². The van der Waals surface area contributed by atoms with E-state index in [-0.39, 0.29) is 0 Å². The van der Waals surface area contributed by atoms with Gasteiger partial charge in [0.1, 0.15) is 0 Å². The minimum Gasteiger partial charge on any atom is -0.211 e. The summed E-state index contributed by atoms with van der Waals surface area (Å²) in [5.74, 6) is 0.568. The molecule has 0 radical (unpaired) electrons. The number of hydrogen-bond acceptors (Lipinski definition) is 2. The number of fused-ring (bicyclic) bond motifs is 2. The van der Waals surface area contributed by atoms with Crippen molar-refractivity contribution in [2.24, 2.45) is 4.99 Å². The van der Waals surface area contributed by atoms with Crippen LogP contribution >= 0.6 is 0 Å². The zero-order valence-electron chi connectivity index (χ0n) is 8.84. The first-order valence-corrected chi connectivity index (χ1v) is 5.56. The first kappa shape index (κ1) is 8.87. The van der Waals surface area contributed by atoms with Crippen LogP contribution in [0.4, 0.5) is 5.69 Å². The van der Waals surface area contributed by atoms with E-state index in [1.165, 1.54) is 28.7 Å². The van der Waals surface area contributed by atoms with Gasteiger partial charge in [0, 0.05) is 0 Å². The monoisotopic (exact) mass is 199 g/mol. The molecular weight excluding hydrogens is 186 g/mol. The molecule has 2 aliphatic carbocycles. The molecule has 2 aliphatic rings. The van der Waals surface area contributed by atoms with Crippen LogP contribution in [0.25, 0.3) is 0 Å². The Labute approximate surface area is 89.0 Å². The van der Waals surface area contributed by atoms with Gasteiger partial charge in [0.15, 0.2) is 0 Å². The molecule has 0 N–H and O–H groups in total. The molecule has 1 atom stereocenters. The molecule has 2 nitrogen and oxygen atoms in total. The van der Waals surface area contributed by atoms with Crippen molar-refractivity contribution in [1.29, 1.82) is 0 Å². The fourth-order valence-electron chi connectivity index (χ4n) is 2.99. The Hall–Kier alpha value is -1.40. The second kappa shape index (κ2) is 3.04. The highest BCUT2D eigenvalue weighted by atomic mass is 16.1. The minimum absolute atomic E-state index is 0.568. The highest BCUT2D eigenvalue weighted by Gasteiger charge is 2.30. The predicted octanol–water partition coefficient (Wildman–Crippen LogP) is 2.80. The summed E-state index contributed by atoms with van der Waals surface area (Å²) in [5.41, 5.74) is 6.38. The van der Waals surface area contributed by atoms with Crippen LogP contribution in [0.5, 0.6) is 0 Å². The van der Waals surface area contributed by atoms with Crippen LogP contribution in [-0.4, -0.2) is 6.08 Å². The lowest BCUT2D eigenvalue weighted by atomic mass is 9.75. The van der Waals surface area contributed by atoms with Crippen molar-refractivity contribution >= 4 is 11.8 Å². The van der Waals surface area contributed by atoms with E-state index in [1.54, 1.807) is 6.08 Å². The summed E-state index contributed by atoms with van der Waals surface area (Å²) in [6.45, 7) is 2.20. The van der Waals surface area contributed by atoms with E-state index in [1.807, 2.05) is 0 Å². The van der Waals surface area contributed by atoms with Crippen molar-refractivity contribution in [2.45, 2.75) is 38.5 Å². The number of rotatable bonds is 1. The molecule has 0 saturated heterocycles. The maximum Gasteiger partial charge on any atom is 0.240 e. The number of aliphatic imine (C=N–C) groups is 1. The Balaban J connectivity index is 2.28. The van der Waals surface area contributed by atoms with Gasteiger partial charge in [-0.1, -0.05) is 13.0 Å². The second-order valence-corrected chi connectivity index (χ2v) is 4.60. The van der Waals surface area contributed by atoms with Crippen molar-refractivity contribution in [2.75, 3.05) is 0 Å². The van der Waals surface area contributed by atoms with Crippen LogP contribution in [0.3, 0.4) is 0 Å². The quantitative estimate of drug-likeness (QED) is 0.505. The van der Waals surface area contributed by atoms with Gasteiger partial charge in [0.2, 0.25) is 6.08 Å². The van der Waals surface area contributed by atoms with Crippen LogP contribution in [-0.2, 0) is 24.1 Å². The fourth-order valence-corrected chi connectivity index (χ4v) is 2.99. The molecular formula is C13H13NO. The Morgan fingerprint density at radius 2 is 2.27 bits per heavy atom. The third-order valence-corrected chi connectivity index (χ3v) is 3.67. The van der Waals surface area contributed by atoms with Gasteiger partial charge in [-0.2, -0.15) is 4.99 Å². The number of benzene rings is 1. The van der Waals surface area contributed by atoms with Gasteiger partial charge < -0.3 is 0 Å². The third-order valence-electron chi connectivity index (χ3n) is 3.67. The standard InChI is InChI=1S/C13H13NO/c1-8-5-10-6-9-3-2-4-11(9)13(12(8)10)14-7-15/h6,8H,2-5H2,1H3. The zero-order chi connectivity index (χ0) is 10.4. The second-order valence-electron chi connectivity index (χ2n) is 4.60. The molecule has 0 spiro atoms. The number of isocyanates is 1. The third kappa shape index (κ3) is 1.12. The molecule has 0 aliphatic heterocycles. The number of aryl methyl sites for hydroxylation is 1. The predicted molar refractivity (Wildman–Crippen MR) is 58.4 cm³/mol. The molecule has 0 fully saturated rings. The summed E-state index contributed by atoms with van der Waals surface area (Å²) in [6.07, 6.45) is 6.29. The molecule has 3 rings (SSSR count). The molecule has 0 amide bonds. The Morgan fingerprint density at radius 3 is 3.00 bits per heavy atom. The number of carbonyl (C=O) groups excluding carboxylic acids is 1. The van der Waals surface area contributed by atoms with E-state index in [0.717, 1.165) is 24.9 Å². The zero-order valence-corrected chi connectivity index (χ0v) is 8.84. The van der Waals surface area contributed by atoms with Crippen LogP contribution < -0.4 is 0 Å². The highest BCUT2D eigenvalue weighted by Crippen LogP contribution is 2.46. The first-order valence-electron chi connectivity index (χ1n) is 5.56. The maximum absolute atomic E-state index is 10.5. The lowest BCUT2D eigenvalue weighted by Gasteiger charge is -2.30. The number of nitrogens with zero attached hydrogens (tertiary/aromatic N) is 1. The molecule has 76 valence electrons. The van der Waals surface area contributed by atoms with Gasteiger partial charge in [0.05, 0.1) is 5.69 Å². The summed E-state index contributed by atoms with van der Waals surface area (Å²) in [7, 11) is 0. The van der Waals surface area contributed by atoms with E-state index in [0.29, 0.717) is 5.92 Å². The van der Waals surface area contributed by atoms with Crippen molar-refractivity contribution in [1.82, 2.24) is 0 Å². The molecule has 1 aromatic rings. The highest BCUT2D eigenvalue weighted by molar-refractivity contribution is 5.68. The average Bonchev–Trinajstić information content (AvgIpc) is 2.64. The maximum atomic E-state index is 10.5. The Morgan fingerprint density at radius 1 is 1.40 bits per heavy atom. The van der Waals surface area contributed by atoms with Gasteiger partial charge in [-0.25, -0.2) is 4.79 Å². The van der Waals surface area contributed by atoms with E-state index in [9.17, 15) is 4.79 Å². The topological polar surface area (TPSA) is 29.4 Å². The van der Waals surface area contributed by atoms with Crippen molar-refractivity contribution < 1.29 is 4.79 Å². The van der Waals surface area contributed by atoms with Crippen LogP contribution in [0.2, 0.25) is 0 Å². The molecule has 0 aromatic heterocycles. The summed E-state index contributed by atoms with van der Waals surface area (Å²) >= 11 is 0. The van der Waals surface area contributed by atoms with Gasteiger partial charge in [-0.15, -0.1) is 0 Å². The van der Waals surface area contributed by atoms with Crippen LogP contribution in [0.1, 0.15) is 41.5 Å². The minimum atomic E-state index is 0.568. The number of hydrogen-bond donors (Lipinski definition) is 0. The van der Waals surface area contributed by atoms with Crippen LogP contribution in [0.15, 0.2) is 11.1 Å². The van der Waals surface area contributed by atoms with Gasteiger partial charge in [-0.05, 0) is 53.9 Å². The molecule has 0 bridgehead atoms. The molecule has 1 unspecified atom stereocenters. The molecule has 0 saturated carbocycles. The lowest BCUT2D eigenvalue weighted by Crippen LogP contribution is -2.15. The largest absolute Gasteiger partial charge is 0.240 e. The van der Waals surface area contributed by atoms with Crippen LogP contribution in [0, 0.1) is 0 Å². The molecule has 1 aromatic carbocycles. The van der Waals surface area contributed by atoms with E-state index >= 15 is 0 Å². The summed E-state index contributed by atoms with van der Waals surface area (Å²) in [5, 5.41) is 0. The van der Waals surface area contributed by atoms with E-state index in [2.05, 4.69) is 18.0 Å². The lowest BCUT2D eigenvalue weighted by molar-refractivity contribution is 0.565. The fraction of sp³-hybridized carbons (Fsp3) is 0.462. The normalized spacial score (nSPS) is 21.3. The Kier molecular flexibility index (Phi) is 1.80. The van der Waals surface area contributed by atoms with E-state index < -0.39 is 0 Å². The molecule has 0 heterocycles. The SMILES string of the molecule is CC1Cc2cc3c(c(N=C=O)c21)CCC3. The summed E-state index contributed by atoms with van der Waals surface area (Å²) in [6, 6.07) is 2.32. The first-order chi connectivity index (χ1) is 7.31.